The quantitative estimate of drug-likeness (QED) is 0.309. The van der Waals surface area contributed by atoms with Gasteiger partial charge in [-0.25, -0.2) is 4.98 Å². The molecule has 0 spiro atoms. The number of rotatable bonds is 6. The predicted octanol–water partition coefficient (Wildman–Crippen LogP) is 5.51. The molecular formula is C26H21N7O3. The van der Waals surface area contributed by atoms with Gasteiger partial charge in [0.05, 0.1) is 25.1 Å². The van der Waals surface area contributed by atoms with Crippen molar-refractivity contribution in [1.29, 1.82) is 0 Å². The normalized spacial score (nSPS) is 11.2. The van der Waals surface area contributed by atoms with E-state index in [1.54, 1.807) is 68.3 Å². The van der Waals surface area contributed by atoms with Crippen LogP contribution in [0.15, 0.2) is 89.6 Å². The Kier molecular flexibility index (Phi) is 6.06. The van der Waals surface area contributed by atoms with Gasteiger partial charge >= 0.3 is 0 Å². The van der Waals surface area contributed by atoms with Gasteiger partial charge in [-0.05, 0) is 42.6 Å². The number of fused-ring (bicyclic) bond motifs is 1. The SMILES string of the molecule is COc1ccc(NC(=O)c2cc3ccccc3c(/N=N/c3c(C)cnn3-c3cnccn3)c2O)cc1. The lowest BCUT2D eigenvalue weighted by Gasteiger charge is -2.11. The highest BCUT2D eigenvalue weighted by molar-refractivity contribution is 6.11. The van der Waals surface area contributed by atoms with Crippen LogP contribution in [0, 0.1) is 6.92 Å². The molecule has 0 saturated carbocycles. The fourth-order valence-electron chi connectivity index (χ4n) is 3.68. The van der Waals surface area contributed by atoms with Gasteiger partial charge in [0.15, 0.2) is 17.4 Å². The molecule has 0 radical (unpaired) electrons. The average molecular weight is 480 g/mol. The Hall–Kier alpha value is -5.12. The van der Waals surface area contributed by atoms with Crippen molar-refractivity contribution in [2.45, 2.75) is 6.92 Å². The van der Waals surface area contributed by atoms with Crippen LogP contribution >= 0.6 is 0 Å². The molecule has 0 aliphatic rings. The zero-order valence-corrected chi connectivity index (χ0v) is 19.5. The Morgan fingerprint density at radius 3 is 2.61 bits per heavy atom. The van der Waals surface area contributed by atoms with E-state index in [0.29, 0.717) is 28.5 Å². The van der Waals surface area contributed by atoms with Crippen molar-refractivity contribution < 1.29 is 14.6 Å². The molecule has 2 N–H and O–H groups in total. The number of azo groups is 1. The molecule has 2 aromatic heterocycles. The van der Waals surface area contributed by atoms with Crippen LogP contribution in [0.1, 0.15) is 15.9 Å². The molecular weight excluding hydrogens is 458 g/mol. The number of carbonyl (C=O) groups excluding carboxylic acids is 1. The number of ether oxygens (including phenoxy) is 1. The van der Waals surface area contributed by atoms with Gasteiger partial charge in [0, 0.05) is 29.0 Å². The lowest BCUT2D eigenvalue weighted by Crippen LogP contribution is -2.12. The molecule has 10 heteroatoms. The molecule has 0 atom stereocenters. The van der Waals surface area contributed by atoms with Crippen molar-refractivity contribution in [3.8, 4) is 17.3 Å². The van der Waals surface area contributed by atoms with E-state index in [0.717, 1.165) is 10.9 Å². The zero-order valence-electron chi connectivity index (χ0n) is 19.5. The van der Waals surface area contributed by atoms with Gasteiger partial charge in [-0.3, -0.25) is 9.78 Å². The maximum Gasteiger partial charge on any atom is 0.259 e. The minimum Gasteiger partial charge on any atom is -0.505 e. The van der Waals surface area contributed by atoms with E-state index in [1.165, 1.54) is 4.68 Å². The molecule has 0 bridgehead atoms. The number of benzene rings is 3. The molecule has 36 heavy (non-hydrogen) atoms. The van der Waals surface area contributed by atoms with Crippen LogP contribution in [-0.4, -0.2) is 37.9 Å². The van der Waals surface area contributed by atoms with Gasteiger partial charge in [-0.15, -0.1) is 10.2 Å². The zero-order chi connectivity index (χ0) is 25.1. The Balaban J connectivity index is 1.55. The van der Waals surface area contributed by atoms with Crippen molar-refractivity contribution in [3.05, 3.63) is 90.5 Å². The monoisotopic (exact) mass is 479 g/mol. The molecule has 2 heterocycles. The first-order chi connectivity index (χ1) is 17.5. The number of nitrogens with zero attached hydrogens (tertiary/aromatic N) is 6. The van der Waals surface area contributed by atoms with Gasteiger partial charge in [0.25, 0.3) is 5.91 Å². The van der Waals surface area contributed by atoms with Crippen molar-refractivity contribution in [2.24, 2.45) is 10.2 Å². The first-order valence-electron chi connectivity index (χ1n) is 11.0. The Labute approximate surface area is 205 Å². The summed E-state index contributed by atoms with van der Waals surface area (Å²) < 4.78 is 6.66. The summed E-state index contributed by atoms with van der Waals surface area (Å²) >= 11 is 0. The molecule has 10 nitrogen and oxygen atoms in total. The van der Waals surface area contributed by atoms with E-state index in [-0.39, 0.29) is 17.0 Å². The summed E-state index contributed by atoms with van der Waals surface area (Å²) in [4.78, 5) is 21.4. The van der Waals surface area contributed by atoms with Crippen LogP contribution in [0.4, 0.5) is 17.2 Å². The van der Waals surface area contributed by atoms with E-state index in [9.17, 15) is 9.90 Å². The smallest absolute Gasteiger partial charge is 0.259 e. The van der Waals surface area contributed by atoms with Crippen molar-refractivity contribution in [1.82, 2.24) is 19.7 Å². The topological polar surface area (TPSA) is 127 Å². The van der Waals surface area contributed by atoms with E-state index in [1.807, 2.05) is 25.1 Å². The van der Waals surface area contributed by atoms with Gasteiger partial charge in [-0.1, -0.05) is 24.3 Å². The van der Waals surface area contributed by atoms with Crippen molar-refractivity contribution in [3.63, 3.8) is 0 Å². The maximum atomic E-state index is 13.1. The molecule has 0 saturated heterocycles. The number of aromatic hydroxyl groups is 1. The third-order valence-electron chi connectivity index (χ3n) is 5.52. The number of hydrogen-bond acceptors (Lipinski definition) is 8. The first-order valence-corrected chi connectivity index (χ1v) is 11.0. The summed E-state index contributed by atoms with van der Waals surface area (Å²) in [6.07, 6.45) is 6.31. The van der Waals surface area contributed by atoms with E-state index < -0.39 is 5.91 Å². The van der Waals surface area contributed by atoms with Crippen molar-refractivity contribution >= 4 is 33.9 Å². The summed E-state index contributed by atoms with van der Waals surface area (Å²) in [6, 6.07) is 15.8. The fourth-order valence-corrected chi connectivity index (χ4v) is 3.68. The molecule has 5 aromatic rings. The molecule has 1 amide bonds. The van der Waals surface area contributed by atoms with Gasteiger partial charge in [0.1, 0.15) is 11.4 Å². The minimum atomic E-state index is -0.486. The highest BCUT2D eigenvalue weighted by atomic mass is 16.5. The second-order valence-corrected chi connectivity index (χ2v) is 7.85. The van der Waals surface area contributed by atoms with Crippen LogP contribution in [0.3, 0.4) is 0 Å². The summed E-state index contributed by atoms with van der Waals surface area (Å²) in [5.74, 6) is 0.793. The summed E-state index contributed by atoms with van der Waals surface area (Å²) in [5, 5.41) is 28.3. The third kappa shape index (κ3) is 4.34. The number of phenols is 1. The molecule has 0 fully saturated rings. The van der Waals surface area contributed by atoms with Crippen LogP contribution in [0.2, 0.25) is 0 Å². The maximum absolute atomic E-state index is 13.1. The van der Waals surface area contributed by atoms with E-state index in [2.05, 4.69) is 30.6 Å². The number of hydrogen-bond donors (Lipinski definition) is 2. The van der Waals surface area contributed by atoms with Crippen LogP contribution < -0.4 is 10.1 Å². The summed E-state index contributed by atoms with van der Waals surface area (Å²) in [5.41, 5.74) is 1.54. The highest BCUT2D eigenvalue weighted by Gasteiger charge is 2.19. The minimum absolute atomic E-state index is 0.0672. The average Bonchev–Trinajstić information content (AvgIpc) is 3.28. The van der Waals surface area contributed by atoms with Crippen LogP contribution in [0.25, 0.3) is 16.6 Å². The number of methoxy groups -OCH3 is 1. The molecule has 0 aliphatic heterocycles. The molecule has 178 valence electrons. The molecule has 0 aliphatic carbocycles. The van der Waals surface area contributed by atoms with E-state index >= 15 is 0 Å². The van der Waals surface area contributed by atoms with Crippen molar-refractivity contribution in [2.75, 3.05) is 12.4 Å². The number of phenolic OH excluding ortho intramolecular Hbond substituents is 1. The number of carbonyl (C=O) groups is 1. The standard InChI is InChI=1S/C26H21N7O3/c1-16-14-29-33(22-15-27-11-12-28-22)25(16)32-31-23-20-6-4-3-5-17(20)13-21(24(23)34)26(35)30-18-7-9-19(36-2)10-8-18/h3-15,34H,1-2H3,(H,30,35)/b32-31+. The largest absolute Gasteiger partial charge is 0.505 e. The second kappa shape index (κ2) is 9.63. The molecule has 0 unspecified atom stereocenters. The lowest BCUT2D eigenvalue weighted by molar-refractivity contribution is 0.102. The number of nitrogens with one attached hydrogen (secondary N) is 1. The Morgan fingerprint density at radius 1 is 1.06 bits per heavy atom. The Bertz CT molecular complexity index is 1580. The lowest BCUT2D eigenvalue weighted by atomic mass is 10.0. The first kappa shape index (κ1) is 22.7. The second-order valence-electron chi connectivity index (χ2n) is 7.85. The summed E-state index contributed by atoms with van der Waals surface area (Å²) in [7, 11) is 1.57. The van der Waals surface area contributed by atoms with Gasteiger partial charge in [0.2, 0.25) is 0 Å². The number of aryl methyl sites for hydroxylation is 1. The number of aromatic nitrogens is 4. The highest BCUT2D eigenvalue weighted by Crippen LogP contribution is 2.40. The Morgan fingerprint density at radius 2 is 1.86 bits per heavy atom. The van der Waals surface area contributed by atoms with Gasteiger partial charge < -0.3 is 15.2 Å². The van der Waals surface area contributed by atoms with E-state index in [4.69, 9.17) is 4.74 Å². The van der Waals surface area contributed by atoms with Crippen LogP contribution in [-0.2, 0) is 0 Å². The number of amides is 1. The molecule has 3 aromatic carbocycles. The number of anilines is 1. The predicted molar refractivity (Wildman–Crippen MR) is 135 cm³/mol. The third-order valence-corrected chi connectivity index (χ3v) is 5.52. The molecule has 5 rings (SSSR count). The fraction of sp³-hybridized carbons (Fsp3) is 0.0769. The summed E-state index contributed by atoms with van der Waals surface area (Å²) in [6.45, 7) is 1.84. The van der Waals surface area contributed by atoms with Gasteiger partial charge in [-0.2, -0.15) is 9.78 Å². The van der Waals surface area contributed by atoms with Crippen LogP contribution in [0.5, 0.6) is 11.5 Å².